The van der Waals surface area contributed by atoms with Gasteiger partial charge in [0.1, 0.15) is 23.9 Å². The van der Waals surface area contributed by atoms with E-state index in [4.69, 9.17) is 26.4 Å². The van der Waals surface area contributed by atoms with Crippen molar-refractivity contribution >= 4 is 53.2 Å². The van der Waals surface area contributed by atoms with Crippen LogP contribution in [0.15, 0.2) is 48.5 Å². The smallest absolute Gasteiger partial charge is 0.341 e. The molecule has 0 saturated heterocycles. The number of carboxylic acid groups (broad SMARTS) is 2. The molecular formula is C30H37N5O10S. The highest BCUT2D eigenvalue weighted by atomic mass is 32.2. The number of ether oxygens (including phenoxy) is 1. The molecule has 0 unspecified atom stereocenters. The van der Waals surface area contributed by atoms with Gasteiger partial charge >= 0.3 is 11.9 Å². The van der Waals surface area contributed by atoms with E-state index in [1.165, 1.54) is 43.3 Å². The lowest BCUT2D eigenvalue weighted by molar-refractivity contribution is -0.139. The Bertz CT molecular complexity index is 1420. The fraction of sp³-hybridized carbons (Fsp3) is 0.367. The fourth-order valence-electron chi connectivity index (χ4n) is 3.89. The van der Waals surface area contributed by atoms with E-state index in [0.717, 1.165) is 11.8 Å². The van der Waals surface area contributed by atoms with Crippen molar-refractivity contribution in [1.29, 1.82) is 0 Å². The van der Waals surface area contributed by atoms with Gasteiger partial charge in [0.15, 0.2) is 6.61 Å². The lowest BCUT2D eigenvalue weighted by Gasteiger charge is -2.22. The van der Waals surface area contributed by atoms with Gasteiger partial charge in [-0.05, 0) is 42.3 Å². The van der Waals surface area contributed by atoms with E-state index in [1.54, 1.807) is 19.1 Å². The van der Waals surface area contributed by atoms with Gasteiger partial charge in [-0.3, -0.25) is 24.0 Å². The predicted molar refractivity (Wildman–Crippen MR) is 167 cm³/mol. The molecule has 0 aliphatic rings. The number of carbonyl (C=O) groups is 7. The molecule has 5 amide bonds. The van der Waals surface area contributed by atoms with Crippen molar-refractivity contribution in [2.45, 2.75) is 44.8 Å². The Kier molecular flexibility index (Phi) is 14.5. The van der Waals surface area contributed by atoms with E-state index >= 15 is 0 Å². The lowest BCUT2D eigenvalue weighted by atomic mass is 10.0. The minimum Gasteiger partial charge on any atom is -0.482 e. The monoisotopic (exact) mass is 659 g/mol. The van der Waals surface area contributed by atoms with Crippen LogP contribution in [0.2, 0.25) is 0 Å². The zero-order valence-electron chi connectivity index (χ0n) is 25.2. The van der Waals surface area contributed by atoms with E-state index in [0.29, 0.717) is 11.1 Å². The molecule has 2 aromatic carbocycles. The van der Waals surface area contributed by atoms with Gasteiger partial charge in [0, 0.05) is 24.5 Å². The summed E-state index contributed by atoms with van der Waals surface area (Å²) in [5, 5.41) is 25.6. The molecule has 0 radical (unpaired) electrons. The number of aliphatic carboxylic acids is 1. The Morgan fingerprint density at radius 1 is 0.761 bits per heavy atom. The van der Waals surface area contributed by atoms with Crippen LogP contribution in [-0.2, 0) is 41.6 Å². The molecule has 15 nitrogen and oxygen atoms in total. The van der Waals surface area contributed by atoms with Crippen LogP contribution in [0.1, 0.15) is 35.3 Å². The van der Waals surface area contributed by atoms with Crippen LogP contribution < -0.4 is 32.2 Å². The van der Waals surface area contributed by atoms with Crippen LogP contribution in [0.5, 0.6) is 5.75 Å². The van der Waals surface area contributed by atoms with Crippen molar-refractivity contribution in [3.8, 4) is 5.75 Å². The van der Waals surface area contributed by atoms with Gasteiger partial charge in [-0.1, -0.05) is 31.2 Å². The molecule has 248 valence electrons. The van der Waals surface area contributed by atoms with Crippen LogP contribution in [0.25, 0.3) is 0 Å². The molecule has 0 heterocycles. The molecule has 0 fully saturated rings. The number of carbonyl (C=O) groups excluding carboxylic acids is 5. The molecule has 2 rings (SSSR count). The topological polar surface area (TPSA) is 257 Å². The third kappa shape index (κ3) is 12.9. The standard InChI is InChI=1S/C30H37N5O10S/c1-16(28(41)33-17(2)26(31)39)14-46-15-24(36)34-23(12-19-5-9-21(10-6-19)45-13-25(37)38)29(42)35-22(27(32)40)11-18-3-7-20(8-4-18)30(43)44/h3-10,16-17,22-23H,11-15H2,1-2H3,(H2,31,39)(H2,32,40)(H,33,41)(H,34,36)(H,35,42)(H,37,38)(H,43,44)/t16-,17-,22-,23-/m0/s1. The van der Waals surface area contributed by atoms with Crippen LogP contribution in [0, 0.1) is 5.92 Å². The Labute approximate surface area is 268 Å². The normalized spacial score (nSPS) is 13.3. The lowest BCUT2D eigenvalue weighted by Crippen LogP contribution is -2.54. The van der Waals surface area contributed by atoms with Gasteiger partial charge in [-0.15, -0.1) is 0 Å². The number of amides is 5. The molecule has 0 aliphatic carbocycles. The molecule has 0 aliphatic heterocycles. The van der Waals surface area contributed by atoms with E-state index in [2.05, 4.69) is 16.0 Å². The molecule has 0 saturated carbocycles. The number of hydrogen-bond acceptors (Lipinski definition) is 9. The average molecular weight is 660 g/mol. The summed E-state index contributed by atoms with van der Waals surface area (Å²) in [6, 6.07) is 8.65. The van der Waals surface area contributed by atoms with Crippen molar-refractivity contribution < 1.29 is 48.5 Å². The Balaban J connectivity index is 2.13. The number of hydrogen-bond donors (Lipinski definition) is 7. The molecule has 0 bridgehead atoms. The first-order valence-electron chi connectivity index (χ1n) is 14.0. The SMILES string of the molecule is C[C@H](NC(=O)[C@@H](C)CSCC(=O)N[C@@H](Cc1ccc(OCC(=O)O)cc1)C(=O)N[C@@H](Cc1ccc(C(=O)O)cc1)C(N)=O)C(N)=O. The molecule has 4 atom stereocenters. The third-order valence-electron chi connectivity index (χ3n) is 6.51. The van der Waals surface area contributed by atoms with E-state index < -0.39 is 72.1 Å². The van der Waals surface area contributed by atoms with Gasteiger partial charge in [-0.25, -0.2) is 9.59 Å². The van der Waals surface area contributed by atoms with Crippen molar-refractivity contribution in [3.63, 3.8) is 0 Å². The summed E-state index contributed by atoms with van der Waals surface area (Å²) in [5.41, 5.74) is 11.9. The highest BCUT2D eigenvalue weighted by Crippen LogP contribution is 2.15. The summed E-state index contributed by atoms with van der Waals surface area (Å²) in [6.45, 7) is 2.52. The van der Waals surface area contributed by atoms with Gasteiger partial charge in [-0.2, -0.15) is 11.8 Å². The van der Waals surface area contributed by atoms with E-state index in [9.17, 15) is 33.6 Å². The Morgan fingerprint density at radius 3 is 1.85 bits per heavy atom. The second kappa shape index (κ2) is 18.0. The third-order valence-corrected chi connectivity index (χ3v) is 7.71. The molecule has 0 spiro atoms. The summed E-state index contributed by atoms with van der Waals surface area (Å²) in [6.07, 6.45) is -0.0640. The summed E-state index contributed by atoms with van der Waals surface area (Å²) in [5.74, 6) is -5.66. The number of primary amides is 2. The van der Waals surface area contributed by atoms with Crippen molar-refractivity contribution in [1.82, 2.24) is 16.0 Å². The van der Waals surface area contributed by atoms with Gasteiger partial charge in [0.05, 0.1) is 11.3 Å². The molecule has 46 heavy (non-hydrogen) atoms. The van der Waals surface area contributed by atoms with Crippen molar-refractivity contribution in [2.24, 2.45) is 17.4 Å². The number of nitrogens with one attached hydrogen (secondary N) is 3. The second-order valence-electron chi connectivity index (χ2n) is 10.4. The molecule has 16 heteroatoms. The summed E-state index contributed by atoms with van der Waals surface area (Å²) >= 11 is 1.13. The maximum atomic E-state index is 13.4. The predicted octanol–water partition coefficient (Wildman–Crippen LogP) is -0.552. The van der Waals surface area contributed by atoms with Crippen LogP contribution in [0.4, 0.5) is 0 Å². The highest BCUT2D eigenvalue weighted by Gasteiger charge is 2.27. The first-order valence-corrected chi connectivity index (χ1v) is 15.1. The Morgan fingerprint density at radius 2 is 1.33 bits per heavy atom. The fourth-order valence-corrected chi connectivity index (χ4v) is 4.78. The maximum absolute atomic E-state index is 13.4. The average Bonchev–Trinajstić information content (AvgIpc) is 2.99. The zero-order chi connectivity index (χ0) is 34.4. The molecule has 0 aromatic heterocycles. The van der Waals surface area contributed by atoms with Crippen LogP contribution >= 0.6 is 11.8 Å². The number of nitrogens with two attached hydrogens (primary N) is 2. The summed E-state index contributed by atoms with van der Waals surface area (Å²) in [7, 11) is 0. The number of benzene rings is 2. The maximum Gasteiger partial charge on any atom is 0.341 e. The van der Waals surface area contributed by atoms with Crippen LogP contribution in [0.3, 0.4) is 0 Å². The second-order valence-corrected chi connectivity index (χ2v) is 11.4. The number of aromatic carboxylic acids is 1. The van der Waals surface area contributed by atoms with Crippen LogP contribution in [-0.4, -0.2) is 87.9 Å². The molecule has 9 N–H and O–H groups in total. The quantitative estimate of drug-likeness (QED) is 0.101. The van der Waals surface area contributed by atoms with E-state index in [1.807, 2.05) is 0 Å². The summed E-state index contributed by atoms with van der Waals surface area (Å²) < 4.78 is 5.12. The van der Waals surface area contributed by atoms with Crippen molar-refractivity contribution in [2.75, 3.05) is 18.1 Å². The zero-order valence-corrected chi connectivity index (χ0v) is 26.0. The number of thioether (sulfide) groups is 1. The largest absolute Gasteiger partial charge is 0.482 e. The minimum atomic E-state index is -1.19. The molecular weight excluding hydrogens is 622 g/mol. The van der Waals surface area contributed by atoms with E-state index in [-0.39, 0.29) is 35.7 Å². The van der Waals surface area contributed by atoms with Gasteiger partial charge in [0.25, 0.3) is 0 Å². The molecule has 2 aromatic rings. The first kappa shape index (κ1) is 37.1. The minimum absolute atomic E-state index is 0.0238. The number of carboxylic acids is 2. The number of rotatable bonds is 19. The van der Waals surface area contributed by atoms with Gasteiger partial charge in [0.2, 0.25) is 29.5 Å². The summed E-state index contributed by atoms with van der Waals surface area (Å²) in [4.78, 5) is 83.9. The van der Waals surface area contributed by atoms with Gasteiger partial charge < -0.3 is 42.4 Å². The highest BCUT2D eigenvalue weighted by molar-refractivity contribution is 7.99. The Hall–Kier alpha value is -5.12. The van der Waals surface area contributed by atoms with Crippen molar-refractivity contribution in [3.05, 3.63) is 65.2 Å². The first-order chi connectivity index (χ1) is 21.7.